The van der Waals surface area contributed by atoms with E-state index in [1.54, 1.807) is 4.57 Å². The molecule has 0 saturated carbocycles. The lowest BCUT2D eigenvalue weighted by atomic mass is 10.1. The van der Waals surface area contributed by atoms with Crippen LogP contribution in [0.5, 0.6) is 0 Å². The Morgan fingerprint density at radius 1 is 1.24 bits per heavy atom. The van der Waals surface area contributed by atoms with Crippen LogP contribution >= 0.6 is 0 Å². The summed E-state index contributed by atoms with van der Waals surface area (Å²) in [7, 11) is 1.84. The van der Waals surface area contributed by atoms with Crippen LogP contribution in [0.15, 0.2) is 23.0 Å². The molecule has 0 N–H and O–H groups in total. The summed E-state index contributed by atoms with van der Waals surface area (Å²) in [6, 6.07) is 6.18. The fraction of sp³-hybridized carbons (Fsp3) is 0.500. The summed E-state index contributed by atoms with van der Waals surface area (Å²) in [6.45, 7) is 7.22. The third-order valence-electron chi connectivity index (χ3n) is 3.23. The van der Waals surface area contributed by atoms with Gasteiger partial charge in [0.1, 0.15) is 0 Å². The number of fused-ring (bicyclic) bond motifs is 1. The highest BCUT2D eigenvalue weighted by Gasteiger charge is 2.10. The van der Waals surface area contributed by atoms with Gasteiger partial charge in [-0.05, 0) is 37.0 Å². The van der Waals surface area contributed by atoms with Gasteiger partial charge in [-0.2, -0.15) is 0 Å². The highest BCUT2D eigenvalue weighted by molar-refractivity contribution is 5.76. The van der Waals surface area contributed by atoms with Gasteiger partial charge in [-0.15, -0.1) is 0 Å². The van der Waals surface area contributed by atoms with Crippen LogP contribution in [0.1, 0.15) is 25.8 Å². The van der Waals surface area contributed by atoms with Gasteiger partial charge in [0.05, 0.1) is 11.0 Å². The lowest BCUT2D eigenvalue weighted by Gasteiger charge is -2.05. The second kappa shape index (κ2) is 4.40. The SMILES string of the molecule is Cc1ccc2c(c1)n(C)c(=O)n2CCC(C)C. The van der Waals surface area contributed by atoms with Gasteiger partial charge in [-0.1, -0.05) is 19.9 Å². The van der Waals surface area contributed by atoms with Crippen molar-refractivity contribution >= 4 is 11.0 Å². The van der Waals surface area contributed by atoms with Crippen LogP contribution < -0.4 is 5.69 Å². The van der Waals surface area contributed by atoms with Crippen LogP contribution in [-0.4, -0.2) is 9.13 Å². The van der Waals surface area contributed by atoms with Crippen LogP contribution in [0.4, 0.5) is 0 Å². The van der Waals surface area contributed by atoms with Crippen LogP contribution in [0, 0.1) is 12.8 Å². The number of hydrogen-bond acceptors (Lipinski definition) is 1. The molecule has 1 aromatic carbocycles. The Bertz CT molecular complexity index is 590. The molecule has 1 heterocycles. The molecule has 0 aliphatic rings. The summed E-state index contributed by atoms with van der Waals surface area (Å²) in [6.07, 6.45) is 1.03. The molecule has 0 aliphatic heterocycles. The van der Waals surface area contributed by atoms with Gasteiger partial charge < -0.3 is 0 Å². The van der Waals surface area contributed by atoms with Crippen molar-refractivity contribution in [3.8, 4) is 0 Å². The molecule has 2 rings (SSSR count). The third-order valence-corrected chi connectivity index (χ3v) is 3.23. The number of rotatable bonds is 3. The molecule has 0 bridgehead atoms. The minimum atomic E-state index is 0.0891. The maximum Gasteiger partial charge on any atom is 0.328 e. The molecule has 2 aromatic rings. The number of hydrogen-bond donors (Lipinski definition) is 0. The Balaban J connectivity index is 2.55. The second-order valence-corrected chi connectivity index (χ2v) is 5.17. The first-order valence-corrected chi connectivity index (χ1v) is 6.16. The summed E-state index contributed by atoms with van der Waals surface area (Å²) < 4.78 is 3.62. The van der Waals surface area contributed by atoms with E-state index in [1.165, 1.54) is 5.56 Å². The average molecular weight is 232 g/mol. The second-order valence-electron chi connectivity index (χ2n) is 5.17. The van der Waals surface area contributed by atoms with E-state index in [9.17, 15) is 4.79 Å². The van der Waals surface area contributed by atoms with Crippen LogP contribution in [0.2, 0.25) is 0 Å². The summed E-state index contributed by atoms with van der Waals surface area (Å²) in [4.78, 5) is 12.1. The van der Waals surface area contributed by atoms with E-state index in [1.807, 2.05) is 17.7 Å². The maximum atomic E-state index is 12.1. The van der Waals surface area contributed by atoms with Gasteiger partial charge in [0, 0.05) is 13.6 Å². The Kier molecular flexibility index (Phi) is 3.09. The fourth-order valence-corrected chi connectivity index (χ4v) is 2.12. The summed E-state index contributed by atoms with van der Waals surface area (Å²) in [5.74, 6) is 0.614. The molecular weight excluding hydrogens is 212 g/mol. The molecule has 17 heavy (non-hydrogen) atoms. The molecule has 92 valence electrons. The fourth-order valence-electron chi connectivity index (χ4n) is 2.12. The molecule has 0 radical (unpaired) electrons. The summed E-state index contributed by atoms with van der Waals surface area (Å²) in [5.41, 5.74) is 3.35. The number of nitrogens with zero attached hydrogens (tertiary/aromatic N) is 2. The monoisotopic (exact) mass is 232 g/mol. The molecule has 3 heteroatoms. The van der Waals surface area contributed by atoms with Gasteiger partial charge in [0.25, 0.3) is 0 Å². The highest BCUT2D eigenvalue weighted by Crippen LogP contribution is 2.15. The Morgan fingerprint density at radius 3 is 2.59 bits per heavy atom. The normalized spacial score (nSPS) is 11.6. The number of aromatic nitrogens is 2. The first-order chi connectivity index (χ1) is 8.00. The average Bonchev–Trinajstić information content (AvgIpc) is 2.50. The minimum Gasteiger partial charge on any atom is -0.295 e. The molecule has 0 unspecified atom stereocenters. The predicted octanol–water partition coefficient (Wildman–Crippen LogP) is 2.69. The van der Waals surface area contributed by atoms with E-state index in [0.29, 0.717) is 5.92 Å². The van der Waals surface area contributed by atoms with Crippen molar-refractivity contribution in [1.29, 1.82) is 0 Å². The maximum absolute atomic E-state index is 12.1. The zero-order chi connectivity index (χ0) is 12.6. The van der Waals surface area contributed by atoms with Gasteiger partial charge in [-0.3, -0.25) is 9.13 Å². The highest BCUT2D eigenvalue weighted by atomic mass is 16.1. The first kappa shape index (κ1) is 12.0. The zero-order valence-electron chi connectivity index (χ0n) is 11.0. The van der Waals surface area contributed by atoms with E-state index in [4.69, 9.17) is 0 Å². The van der Waals surface area contributed by atoms with Crippen molar-refractivity contribution < 1.29 is 0 Å². The largest absolute Gasteiger partial charge is 0.328 e. The molecule has 0 amide bonds. The van der Waals surface area contributed by atoms with E-state index < -0.39 is 0 Å². The first-order valence-electron chi connectivity index (χ1n) is 6.16. The molecule has 0 aliphatic carbocycles. The molecule has 0 atom stereocenters. The smallest absolute Gasteiger partial charge is 0.295 e. The topological polar surface area (TPSA) is 26.9 Å². The minimum absolute atomic E-state index is 0.0891. The predicted molar refractivity (Wildman–Crippen MR) is 71.4 cm³/mol. The van der Waals surface area contributed by atoms with Crippen LogP contribution in [0.25, 0.3) is 11.0 Å². The lowest BCUT2D eigenvalue weighted by Crippen LogP contribution is -2.22. The molecule has 0 spiro atoms. The van der Waals surface area contributed by atoms with E-state index in [2.05, 4.69) is 32.9 Å². The quantitative estimate of drug-likeness (QED) is 0.799. The molecule has 3 nitrogen and oxygen atoms in total. The lowest BCUT2D eigenvalue weighted by molar-refractivity contribution is 0.511. The van der Waals surface area contributed by atoms with Crippen molar-refractivity contribution in [2.24, 2.45) is 13.0 Å². The molecule has 0 fully saturated rings. The van der Waals surface area contributed by atoms with E-state index in [0.717, 1.165) is 24.0 Å². The Morgan fingerprint density at radius 2 is 1.94 bits per heavy atom. The van der Waals surface area contributed by atoms with Crippen LogP contribution in [-0.2, 0) is 13.6 Å². The van der Waals surface area contributed by atoms with E-state index in [-0.39, 0.29) is 5.69 Å². The van der Waals surface area contributed by atoms with Gasteiger partial charge in [0.2, 0.25) is 0 Å². The number of imidazole rings is 1. The summed E-state index contributed by atoms with van der Waals surface area (Å²) >= 11 is 0. The number of aryl methyl sites for hydroxylation is 3. The van der Waals surface area contributed by atoms with Gasteiger partial charge in [-0.25, -0.2) is 4.79 Å². The zero-order valence-corrected chi connectivity index (χ0v) is 11.0. The summed E-state index contributed by atoms with van der Waals surface area (Å²) in [5, 5.41) is 0. The van der Waals surface area contributed by atoms with E-state index >= 15 is 0 Å². The van der Waals surface area contributed by atoms with Gasteiger partial charge in [0.15, 0.2) is 0 Å². The molecule has 1 aromatic heterocycles. The molecular formula is C14H20N2O. The standard InChI is InChI=1S/C14H20N2O/c1-10(2)7-8-16-12-6-5-11(3)9-13(12)15(4)14(16)17/h5-6,9-10H,7-8H2,1-4H3. The Labute approximate surface area is 102 Å². The van der Waals surface area contributed by atoms with Crippen molar-refractivity contribution in [3.63, 3.8) is 0 Å². The number of benzene rings is 1. The van der Waals surface area contributed by atoms with Crippen molar-refractivity contribution in [3.05, 3.63) is 34.2 Å². The molecule has 0 saturated heterocycles. The van der Waals surface area contributed by atoms with Crippen molar-refractivity contribution in [1.82, 2.24) is 9.13 Å². The van der Waals surface area contributed by atoms with Crippen LogP contribution in [0.3, 0.4) is 0 Å². The third kappa shape index (κ3) is 2.14. The van der Waals surface area contributed by atoms with Gasteiger partial charge >= 0.3 is 5.69 Å². The van der Waals surface area contributed by atoms with Crippen molar-refractivity contribution in [2.75, 3.05) is 0 Å². The Hall–Kier alpha value is -1.51. The van der Waals surface area contributed by atoms with Crippen molar-refractivity contribution in [2.45, 2.75) is 33.7 Å².